The lowest BCUT2D eigenvalue weighted by atomic mass is 10.0. The number of carboxylic acid groups (broad SMARTS) is 1. The van der Waals surface area contributed by atoms with Crippen LogP contribution in [0.1, 0.15) is 30.8 Å². The van der Waals surface area contributed by atoms with Crippen LogP contribution in [0.2, 0.25) is 0 Å². The van der Waals surface area contributed by atoms with Gasteiger partial charge >= 0.3 is 5.97 Å². The lowest BCUT2D eigenvalue weighted by molar-refractivity contribution is -0.140. The fraction of sp³-hybridized carbons (Fsp3) is 0.538. The predicted octanol–water partition coefficient (Wildman–Crippen LogP) is 1.90. The molecular weight excluding hydrogens is 216 g/mol. The molecule has 0 aromatic carbocycles. The van der Waals surface area contributed by atoms with Crippen molar-refractivity contribution in [2.45, 2.75) is 40.3 Å². The van der Waals surface area contributed by atoms with E-state index in [1.165, 1.54) is 0 Å². The van der Waals surface area contributed by atoms with E-state index in [9.17, 15) is 4.79 Å². The fourth-order valence-corrected chi connectivity index (χ4v) is 1.86. The number of nitrogens with zero attached hydrogens (tertiary/aromatic N) is 1. The monoisotopic (exact) mass is 236 g/mol. The van der Waals surface area contributed by atoms with Gasteiger partial charge in [-0.2, -0.15) is 0 Å². The summed E-state index contributed by atoms with van der Waals surface area (Å²) in [4.78, 5) is 15.3. The molecular formula is C13H20N2O2. The van der Waals surface area contributed by atoms with E-state index in [1.54, 1.807) is 0 Å². The molecule has 0 amide bonds. The summed E-state index contributed by atoms with van der Waals surface area (Å²) in [6, 6.07) is 3.43. The molecule has 0 aliphatic rings. The standard InChI is InChI=1S/C13H20N2O2/c1-8(2)12(13(16)17)14-7-11-5-9(3)15-10(4)6-11/h5-6,8,12,14H,7H2,1-4H3,(H,16,17). The molecule has 1 aromatic rings. The van der Waals surface area contributed by atoms with Crippen LogP contribution < -0.4 is 5.32 Å². The molecule has 1 aromatic heterocycles. The van der Waals surface area contributed by atoms with Gasteiger partial charge < -0.3 is 10.4 Å². The van der Waals surface area contributed by atoms with Gasteiger partial charge in [0.2, 0.25) is 0 Å². The van der Waals surface area contributed by atoms with Crippen LogP contribution >= 0.6 is 0 Å². The Balaban J connectivity index is 2.68. The Labute approximate surface area is 102 Å². The molecule has 0 aliphatic carbocycles. The van der Waals surface area contributed by atoms with Crippen LogP contribution in [0.5, 0.6) is 0 Å². The zero-order valence-electron chi connectivity index (χ0n) is 10.8. The number of hydrogen-bond acceptors (Lipinski definition) is 3. The third-order valence-electron chi connectivity index (χ3n) is 2.60. The maximum Gasteiger partial charge on any atom is 0.320 e. The van der Waals surface area contributed by atoms with Crippen LogP contribution in [0.3, 0.4) is 0 Å². The minimum absolute atomic E-state index is 0.0662. The number of hydrogen-bond donors (Lipinski definition) is 2. The molecule has 0 aliphatic heterocycles. The Hall–Kier alpha value is -1.42. The highest BCUT2D eigenvalue weighted by Crippen LogP contribution is 2.07. The third kappa shape index (κ3) is 4.15. The van der Waals surface area contributed by atoms with Gasteiger partial charge in [-0.15, -0.1) is 0 Å². The van der Waals surface area contributed by atoms with Crippen LogP contribution in [-0.4, -0.2) is 22.1 Å². The highest BCUT2D eigenvalue weighted by molar-refractivity contribution is 5.73. The highest BCUT2D eigenvalue weighted by Gasteiger charge is 2.20. The fourth-order valence-electron chi connectivity index (χ4n) is 1.86. The molecule has 0 saturated heterocycles. The molecule has 4 heteroatoms. The zero-order chi connectivity index (χ0) is 13.0. The first kappa shape index (κ1) is 13.6. The number of aryl methyl sites for hydroxylation is 2. The number of aromatic nitrogens is 1. The second kappa shape index (κ2) is 5.77. The molecule has 1 heterocycles. The summed E-state index contributed by atoms with van der Waals surface area (Å²) in [5.41, 5.74) is 2.98. The van der Waals surface area contributed by atoms with E-state index in [0.717, 1.165) is 17.0 Å². The largest absolute Gasteiger partial charge is 0.480 e. The Morgan fingerprint density at radius 2 is 1.88 bits per heavy atom. The average Bonchev–Trinajstić information content (AvgIpc) is 2.14. The van der Waals surface area contributed by atoms with Gasteiger partial charge in [-0.05, 0) is 37.5 Å². The second-order valence-corrected chi connectivity index (χ2v) is 4.70. The molecule has 2 N–H and O–H groups in total. The van der Waals surface area contributed by atoms with Crippen molar-refractivity contribution in [1.29, 1.82) is 0 Å². The average molecular weight is 236 g/mol. The first-order valence-corrected chi connectivity index (χ1v) is 5.80. The number of nitrogens with one attached hydrogen (secondary N) is 1. The van der Waals surface area contributed by atoms with E-state index in [4.69, 9.17) is 5.11 Å². The molecule has 0 saturated carbocycles. The molecule has 1 atom stereocenters. The van der Waals surface area contributed by atoms with Crippen molar-refractivity contribution < 1.29 is 9.90 Å². The summed E-state index contributed by atoms with van der Waals surface area (Å²) in [7, 11) is 0. The van der Waals surface area contributed by atoms with E-state index in [2.05, 4.69) is 10.3 Å². The van der Waals surface area contributed by atoms with Gasteiger partial charge in [0.05, 0.1) is 0 Å². The number of pyridine rings is 1. The van der Waals surface area contributed by atoms with E-state index < -0.39 is 12.0 Å². The van der Waals surface area contributed by atoms with E-state index >= 15 is 0 Å². The Morgan fingerprint density at radius 1 is 1.35 bits per heavy atom. The Morgan fingerprint density at radius 3 is 2.29 bits per heavy atom. The van der Waals surface area contributed by atoms with Crippen molar-refractivity contribution >= 4 is 5.97 Å². The van der Waals surface area contributed by atoms with E-state index in [1.807, 2.05) is 39.8 Å². The van der Waals surface area contributed by atoms with Crippen molar-refractivity contribution in [1.82, 2.24) is 10.3 Å². The smallest absolute Gasteiger partial charge is 0.320 e. The van der Waals surface area contributed by atoms with E-state index in [0.29, 0.717) is 6.54 Å². The first-order valence-electron chi connectivity index (χ1n) is 5.80. The molecule has 0 bridgehead atoms. The van der Waals surface area contributed by atoms with Gasteiger partial charge in [-0.3, -0.25) is 9.78 Å². The molecule has 1 rings (SSSR count). The Kier molecular flexibility index (Phi) is 4.63. The van der Waals surface area contributed by atoms with Crippen LogP contribution in [0.4, 0.5) is 0 Å². The molecule has 4 nitrogen and oxygen atoms in total. The van der Waals surface area contributed by atoms with Gasteiger partial charge in [0.15, 0.2) is 0 Å². The van der Waals surface area contributed by atoms with Crippen LogP contribution in [0.15, 0.2) is 12.1 Å². The molecule has 0 radical (unpaired) electrons. The van der Waals surface area contributed by atoms with Gasteiger partial charge in [-0.1, -0.05) is 13.8 Å². The predicted molar refractivity (Wildman–Crippen MR) is 66.8 cm³/mol. The van der Waals surface area contributed by atoms with Crippen molar-refractivity contribution in [3.63, 3.8) is 0 Å². The SMILES string of the molecule is Cc1cc(CNC(C(=O)O)C(C)C)cc(C)n1. The summed E-state index contributed by atoms with van der Waals surface area (Å²) < 4.78 is 0. The van der Waals surface area contributed by atoms with Gasteiger partial charge in [0, 0.05) is 17.9 Å². The lowest BCUT2D eigenvalue weighted by Gasteiger charge is -2.18. The summed E-state index contributed by atoms with van der Waals surface area (Å²) in [6.45, 7) is 8.23. The molecule has 0 spiro atoms. The van der Waals surface area contributed by atoms with Gasteiger partial charge in [-0.25, -0.2) is 0 Å². The topological polar surface area (TPSA) is 62.2 Å². The summed E-state index contributed by atoms with van der Waals surface area (Å²) in [6.07, 6.45) is 0. The minimum atomic E-state index is -0.803. The van der Waals surface area contributed by atoms with Crippen molar-refractivity contribution in [2.24, 2.45) is 5.92 Å². The van der Waals surface area contributed by atoms with E-state index in [-0.39, 0.29) is 5.92 Å². The summed E-state index contributed by atoms with van der Waals surface area (Å²) in [5, 5.41) is 12.1. The third-order valence-corrected chi connectivity index (χ3v) is 2.60. The summed E-state index contributed by atoms with van der Waals surface area (Å²) in [5.74, 6) is -0.737. The number of carbonyl (C=O) groups is 1. The van der Waals surface area contributed by atoms with Crippen molar-refractivity contribution in [3.8, 4) is 0 Å². The maximum atomic E-state index is 11.0. The summed E-state index contributed by atoms with van der Waals surface area (Å²) >= 11 is 0. The normalized spacial score (nSPS) is 12.8. The minimum Gasteiger partial charge on any atom is -0.480 e. The number of carboxylic acids is 1. The molecule has 17 heavy (non-hydrogen) atoms. The number of rotatable bonds is 5. The van der Waals surface area contributed by atoms with Crippen molar-refractivity contribution in [3.05, 3.63) is 29.1 Å². The quantitative estimate of drug-likeness (QED) is 0.819. The van der Waals surface area contributed by atoms with Crippen LogP contribution in [-0.2, 0) is 11.3 Å². The van der Waals surface area contributed by atoms with Crippen molar-refractivity contribution in [2.75, 3.05) is 0 Å². The first-order chi connectivity index (χ1) is 7.90. The van der Waals surface area contributed by atoms with Gasteiger partial charge in [0.1, 0.15) is 6.04 Å². The highest BCUT2D eigenvalue weighted by atomic mass is 16.4. The lowest BCUT2D eigenvalue weighted by Crippen LogP contribution is -2.40. The van der Waals surface area contributed by atoms with Crippen LogP contribution in [0, 0.1) is 19.8 Å². The molecule has 94 valence electrons. The second-order valence-electron chi connectivity index (χ2n) is 4.70. The zero-order valence-corrected chi connectivity index (χ0v) is 10.8. The number of aliphatic carboxylic acids is 1. The Bertz CT molecular complexity index is 382. The molecule has 1 unspecified atom stereocenters. The van der Waals surface area contributed by atoms with Gasteiger partial charge in [0.25, 0.3) is 0 Å². The maximum absolute atomic E-state index is 11.0. The van der Waals surface area contributed by atoms with Crippen LogP contribution in [0.25, 0.3) is 0 Å². The molecule has 0 fully saturated rings.